The number of aromatic nitrogens is 1. The van der Waals surface area contributed by atoms with Gasteiger partial charge in [0, 0.05) is 23.2 Å². The van der Waals surface area contributed by atoms with Crippen molar-refractivity contribution in [2.24, 2.45) is 0 Å². The molecule has 5 heteroatoms. The van der Waals surface area contributed by atoms with E-state index >= 15 is 0 Å². The van der Waals surface area contributed by atoms with E-state index < -0.39 is 0 Å². The molecule has 0 bridgehead atoms. The Morgan fingerprint density at radius 3 is 2.47 bits per heavy atom. The van der Waals surface area contributed by atoms with Crippen molar-refractivity contribution in [3.05, 3.63) is 54.6 Å². The van der Waals surface area contributed by atoms with Crippen LogP contribution in [0.2, 0.25) is 0 Å². The topological polar surface area (TPSA) is 49.4 Å². The quantitative estimate of drug-likeness (QED) is 0.429. The van der Waals surface area contributed by atoms with E-state index in [1.807, 2.05) is 25.2 Å². The normalized spacial score (nSPS) is 11.2. The molecule has 3 aromatic rings. The second-order valence-electron chi connectivity index (χ2n) is 7.69. The largest absolute Gasteiger partial charge is 0.497 e. The molecule has 0 radical (unpaired) electrons. The van der Waals surface area contributed by atoms with Gasteiger partial charge in [-0.25, -0.2) is 4.98 Å². The standard InChI is InChI=1S/C25H34N4O/c1-26-15-6-7-17-29(2)18-8-16-27-25-19-24(20-11-13-21(30-3)14-12-20)28-23-10-5-4-9-22(23)25/h4-5,9-14,19,26H,6-8,15-18H2,1-3H3,(H,27,28). The van der Waals surface area contributed by atoms with Crippen LogP contribution in [0.3, 0.4) is 0 Å². The maximum atomic E-state index is 5.28. The maximum Gasteiger partial charge on any atom is 0.118 e. The highest BCUT2D eigenvalue weighted by Gasteiger charge is 2.08. The number of pyridine rings is 1. The van der Waals surface area contributed by atoms with Gasteiger partial charge < -0.3 is 20.3 Å². The van der Waals surface area contributed by atoms with E-state index in [1.54, 1.807) is 7.11 Å². The smallest absolute Gasteiger partial charge is 0.118 e. The summed E-state index contributed by atoms with van der Waals surface area (Å²) in [5.41, 5.74) is 4.21. The number of fused-ring (bicyclic) bond motifs is 1. The molecule has 0 amide bonds. The van der Waals surface area contributed by atoms with Crippen LogP contribution in [0.25, 0.3) is 22.2 Å². The molecular formula is C25H34N4O. The van der Waals surface area contributed by atoms with Gasteiger partial charge in [-0.2, -0.15) is 0 Å². The molecule has 0 atom stereocenters. The Kier molecular flexibility index (Phi) is 8.48. The van der Waals surface area contributed by atoms with Gasteiger partial charge in [0.25, 0.3) is 0 Å². The molecule has 30 heavy (non-hydrogen) atoms. The third-order valence-corrected chi connectivity index (χ3v) is 5.35. The minimum absolute atomic E-state index is 0.855. The number of rotatable bonds is 12. The molecule has 0 fully saturated rings. The van der Waals surface area contributed by atoms with Crippen molar-refractivity contribution in [1.82, 2.24) is 15.2 Å². The van der Waals surface area contributed by atoms with Crippen LogP contribution < -0.4 is 15.4 Å². The molecule has 0 aliphatic rings. The molecule has 1 heterocycles. The molecular weight excluding hydrogens is 372 g/mol. The Morgan fingerprint density at radius 2 is 1.70 bits per heavy atom. The molecule has 0 aliphatic heterocycles. The Bertz CT molecular complexity index is 911. The Hall–Kier alpha value is -2.63. The van der Waals surface area contributed by atoms with Crippen LogP contribution in [0.5, 0.6) is 5.75 Å². The first kappa shape index (κ1) is 22.1. The summed E-state index contributed by atoms with van der Waals surface area (Å²) >= 11 is 0. The van der Waals surface area contributed by atoms with Gasteiger partial charge in [0.1, 0.15) is 5.75 Å². The molecule has 0 saturated carbocycles. The molecule has 3 rings (SSSR count). The molecule has 0 unspecified atom stereocenters. The van der Waals surface area contributed by atoms with Crippen LogP contribution in [0.1, 0.15) is 19.3 Å². The van der Waals surface area contributed by atoms with Crippen molar-refractivity contribution in [2.75, 3.05) is 52.7 Å². The highest BCUT2D eigenvalue weighted by Crippen LogP contribution is 2.29. The fraction of sp³-hybridized carbons (Fsp3) is 0.400. The summed E-state index contributed by atoms with van der Waals surface area (Å²) in [5, 5.41) is 8.02. The van der Waals surface area contributed by atoms with Crippen LogP contribution >= 0.6 is 0 Å². The highest BCUT2D eigenvalue weighted by molar-refractivity contribution is 5.93. The van der Waals surface area contributed by atoms with E-state index in [0.717, 1.165) is 66.2 Å². The SMILES string of the molecule is CNCCCCN(C)CCCNc1cc(-c2ccc(OC)cc2)nc2ccccc12. The zero-order valence-electron chi connectivity index (χ0n) is 18.4. The molecule has 160 valence electrons. The molecule has 2 N–H and O–H groups in total. The lowest BCUT2D eigenvalue weighted by atomic mass is 10.1. The summed E-state index contributed by atoms with van der Waals surface area (Å²) in [7, 11) is 5.91. The maximum absolute atomic E-state index is 5.28. The summed E-state index contributed by atoms with van der Waals surface area (Å²) in [6.45, 7) is 4.29. The van der Waals surface area contributed by atoms with Gasteiger partial charge in [0.2, 0.25) is 0 Å². The lowest BCUT2D eigenvalue weighted by Gasteiger charge is -2.17. The average Bonchev–Trinajstić information content (AvgIpc) is 2.79. The van der Waals surface area contributed by atoms with E-state index in [-0.39, 0.29) is 0 Å². The number of nitrogens with zero attached hydrogens (tertiary/aromatic N) is 2. The summed E-state index contributed by atoms with van der Waals surface area (Å²) in [6.07, 6.45) is 3.58. The van der Waals surface area contributed by atoms with Gasteiger partial charge >= 0.3 is 0 Å². The van der Waals surface area contributed by atoms with E-state index in [9.17, 15) is 0 Å². The van der Waals surface area contributed by atoms with Crippen molar-refractivity contribution in [1.29, 1.82) is 0 Å². The number of unbranched alkanes of at least 4 members (excludes halogenated alkanes) is 1. The number of ether oxygens (including phenoxy) is 1. The first-order chi connectivity index (χ1) is 14.7. The minimum atomic E-state index is 0.855. The summed E-state index contributed by atoms with van der Waals surface area (Å²) in [6, 6.07) is 18.6. The van der Waals surface area contributed by atoms with E-state index in [1.165, 1.54) is 12.8 Å². The van der Waals surface area contributed by atoms with Gasteiger partial charge in [-0.1, -0.05) is 18.2 Å². The molecule has 1 aromatic heterocycles. The second-order valence-corrected chi connectivity index (χ2v) is 7.69. The fourth-order valence-electron chi connectivity index (χ4n) is 3.60. The van der Waals surface area contributed by atoms with Crippen molar-refractivity contribution in [3.63, 3.8) is 0 Å². The van der Waals surface area contributed by atoms with Crippen LogP contribution in [-0.2, 0) is 0 Å². The molecule has 2 aromatic carbocycles. The lowest BCUT2D eigenvalue weighted by Crippen LogP contribution is -2.23. The zero-order chi connectivity index (χ0) is 21.2. The second kappa shape index (κ2) is 11.5. The van der Waals surface area contributed by atoms with Gasteiger partial charge in [0.05, 0.1) is 18.3 Å². The summed E-state index contributed by atoms with van der Waals surface area (Å²) < 4.78 is 5.28. The van der Waals surface area contributed by atoms with Crippen molar-refractivity contribution in [2.45, 2.75) is 19.3 Å². The summed E-state index contributed by atoms with van der Waals surface area (Å²) in [4.78, 5) is 7.29. The molecule has 0 spiro atoms. The van der Waals surface area contributed by atoms with Crippen LogP contribution in [-0.4, -0.2) is 57.3 Å². The van der Waals surface area contributed by atoms with E-state index in [4.69, 9.17) is 9.72 Å². The first-order valence-electron chi connectivity index (χ1n) is 10.8. The Balaban J connectivity index is 1.64. The number of hydrogen-bond donors (Lipinski definition) is 2. The van der Waals surface area contributed by atoms with E-state index in [2.05, 4.69) is 59.0 Å². The third-order valence-electron chi connectivity index (χ3n) is 5.35. The minimum Gasteiger partial charge on any atom is -0.497 e. The van der Waals surface area contributed by atoms with Crippen molar-refractivity contribution in [3.8, 4) is 17.0 Å². The van der Waals surface area contributed by atoms with Crippen LogP contribution in [0.4, 0.5) is 5.69 Å². The number of para-hydroxylation sites is 1. The van der Waals surface area contributed by atoms with Gasteiger partial charge in [-0.15, -0.1) is 0 Å². The van der Waals surface area contributed by atoms with Crippen LogP contribution in [0, 0.1) is 0 Å². The van der Waals surface area contributed by atoms with Crippen molar-refractivity contribution < 1.29 is 4.74 Å². The zero-order valence-corrected chi connectivity index (χ0v) is 18.4. The van der Waals surface area contributed by atoms with Gasteiger partial charge in [0.15, 0.2) is 0 Å². The van der Waals surface area contributed by atoms with Gasteiger partial charge in [-0.3, -0.25) is 0 Å². The Labute approximate surface area is 180 Å². The number of hydrogen-bond acceptors (Lipinski definition) is 5. The van der Waals surface area contributed by atoms with E-state index in [0.29, 0.717) is 0 Å². The lowest BCUT2D eigenvalue weighted by molar-refractivity contribution is 0.324. The molecule has 0 aliphatic carbocycles. The Morgan fingerprint density at radius 1 is 0.933 bits per heavy atom. The summed E-state index contributed by atoms with van der Waals surface area (Å²) in [5.74, 6) is 0.855. The van der Waals surface area contributed by atoms with Gasteiger partial charge in [-0.05, 0) is 89.4 Å². The predicted molar refractivity (Wildman–Crippen MR) is 127 cm³/mol. The number of anilines is 1. The number of nitrogens with one attached hydrogen (secondary N) is 2. The third kappa shape index (κ3) is 6.18. The molecule has 5 nitrogen and oxygen atoms in total. The average molecular weight is 407 g/mol. The monoisotopic (exact) mass is 406 g/mol. The first-order valence-corrected chi connectivity index (χ1v) is 10.8. The molecule has 0 saturated heterocycles. The number of benzene rings is 2. The fourth-order valence-corrected chi connectivity index (χ4v) is 3.60. The number of methoxy groups -OCH3 is 1. The highest BCUT2D eigenvalue weighted by atomic mass is 16.5. The predicted octanol–water partition coefficient (Wildman–Crippen LogP) is 4.64. The van der Waals surface area contributed by atoms with Crippen molar-refractivity contribution >= 4 is 16.6 Å². The van der Waals surface area contributed by atoms with Crippen LogP contribution in [0.15, 0.2) is 54.6 Å².